The monoisotopic (exact) mass is 176 g/mol. The van der Waals surface area contributed by atoms with Gasteiger partial charge in [0, 0.05) is 12.6 Å². The van der Waals surface area contributed by atoms with E-state index < -0.39 is 0 Å². The van der Waals surface area contributed by atoms with Gasteiger partial charge in [-0.1, -0.05) is 18.2 Å². The largest absolute Gasteiger partial charge is 0.306 e. The van der Waals surface area contributed by atoms with E-state index in [4.69, 9.17) is 0 Å². The van der Waals surface area contributed by atoms with Crippen molar-refractivity contribution in [3.63, 3.8) is 0 Å². The Hall–Kier alpha value is -1.02. The number of nitrogens with zero attached hydrogens (tertiary/aromatic N) is 1. The van der Waals surface area contributed by atoms with Gasteiger partial charge in [0.2, 0.25) is 0 Å². The van der Waals surface area contributed by atoms with Crippen molar-refractivity contribution in [2.24, 2.45) is 0 Å². The zero-order chi connectivity index (χ0) is 9.26. The van der Waals surface area contributed by atoms with Crippen molar-refractivity contribution < 1.29 is 0 Å². The molecule has 1 aliphatic heterocycles. The first-order valence-electron chi connectivity index (χ1n) is 4.89. The number of nitrogens with one attached hydrogen (secondary N) is 1. The smallest absolute Gasteiger partial charge is 0.0555 e. The summed E-state index contributed by atoms with van der Waals surface area (Å²) in [6, 6.07) is 9.12. The highest BCUT2D eigenvalue weighted by Gasteiger charge is 2.17. The Labute approximate surface area is 79.5 Å². The van der Waals surface area contributed by atoms with Crippen LogP contribution in [0.15, 0.2) is 24.3 Å². The lowest BCUT2D eigenvalue weighted by Gasteiger charge is -2.35. The Morgan fingerprint density at radius 3 is 2.85 bits per heavy atom. The summed E-state index contributed by atoms with van der Waals surface area (Å²) in [7, 11) is 0. The van der Waals surface area contributed by atoms with Crippen LogP contribution in [-0.2, 0) is 6.42 Å². The summed E-state index contributed by atoms with van der Waals surface area (Å²) in [5, 5.41) is 2.25. The molecule has 1 N–H and O–H groups in total. The molecule has 0 bridgehead atoms. The third kappa shape index (κ3) is 1.54. The van der Waals surface area contributed by atoms with Crippen LogP contribution in [0.3, 0.4) is 0 Å². The van der Waals surface area contributed by atoms with E-state index in [9.17, 15) is 0 Å². The first-order valence-corrected chi connectivity index (χ1v) is 4.89. The summed E-state index contributed by atoms with van der Waals surface area (Å²) in [6.45, 7) is 5.46. The van der Waals surface area contributed by atoms with Gasteiger partial charge in [0.05, 0.1) is 5.69 Å². The van der Waals surface area contributed by atoms with E-state index in [1.165, 1.54) is 11.3 Å². The van der Waals surface area contributed by atoms with E-state index in [-0.39, 0.29) is 0 Å². The molecule has 13 heavy (non-hydrogen) atoms. The first-order chi connectivity index (χ1) is 6.29. The highest BCUT2D eigenvalue weighted by Crippen LogP contribution is 2.23. The van der Waals surface area contributed by atoms with Crippen LogP contribution in [0.4, 0.5) is 5.69 Å². The van der Waals surface area contributed by atoms with E-state index in [2.05, 4.69) is 48.5 Å². The Balaban J connectivity index is 2.37. The van der Waals surface area contributed by atoms with Crippen LogP contribution in [0, 0.1) is 0 Å². The van der Waals surface area contributed by atoms with Crippen LogP contribution in [0.2, 0.25) is 0 Å². The Morgan fingerprint density at radius 1 is 1.31 bits per heavy atom. The van der Waals surface area contributed by atoms with Crippen molar-refractivity contribution in [2.45, 2.75) is 26.3 Å². The first kappa shape index (κ1) is 8.57. The lowest BCUT2D eigenvalue weighted by Crippen LogP contribution is -2.47. The minimum Gasteiger partial charge on any atom is -0.306 e. The maximum atomic E-state index is 3.41. The second-order valence-electron chi connectivity index (χ2n) is 3.75. The summed E-state index contributed by atoms with van der Waals surface area (Å²) in [6.07, 6.45) is 1.14. The quantitative estimate of drug-likeness (QED) is 0.703. The van der Waals surface area contributed by atoms with Gasteiger partial charge in [0.15, 0.2) is 0 Å². The highest BCUT2D eigenvalue weighted by molar-refractivity contribution is 5.54. The third-order valence-corrected chi connectivity index (χ3v) is 2.44. The molecule has 0 radical (unpaired) electrons. The molecule has 2 nitrogen and oxygen atoms in total. The average molecular weight is 176 g/mol. The molecule has 1 aromatic rings. The van der Waals surface area contributed by atoms with Crippen molar-refractivity contribution in [3.05, 3.63) is 29.8 Å². The summed E-state index contributed by atoms with van der Waals surface area (Å²) in [5.74, 6) is 0. The zero-order valence-corrected chi connectivity index (χ0v) is 8.25. The standard InChI is InChI=1S/C11H16N2/c1-9(2)13-11-6-4-3-5-10(11)7-8-12-13/h3-6,9,12H,7-8H2,1-2H3. The maximum Gasteiger partial charge on any atom is 0.0555 e. The fraction of sp³-hybridized carbons (Fsp3) is 0.455. The van der Waals surface area contributed by atoms with Crippen LogP contribution in [0.1, 0.15) is 19.4 Å². The van der Waals surface area contributed by atoms with E-state index >= 15 is 0 Å². The van der Waals surface area contributed by atoms with E-state index in [1.807, 2.05) is 0 Å². The van der Waals surface area contributed by atoms with Crippen LogP contribution >= 0.6 is 0 Å². The number of hydrazine groups is 1. The highest BCUT2D eigenvalue weighted by atomic mass is 15.5. The van der Waals surface area contributed by atoms with Crippen LogP contribution in [0.5, 0.6) is 0 Å². The molecule has 1 aromatic carbocycles. The predicted octanol–water partition coefficient (Wildman–Crippen LogP) is 1.96. The molecular formula is C11H16N2. The van der Waals surface area contributed by atoms with E-state index in [0.29, 0.717) is 6.04 Å². The van der Waals surface area contributed by atoms with Gasteiger partial charge >= 0.3 is 0 Å². The topological polar surface area (TPSA) is 15.3 Å². The number of benzene rings is 1. The number of hydrogen-bond acceptors (Lipinski definition) is 2. The second kappa shape index (κ2) is 3.38. The molecule has 1 aliphatic rings. The van der Waals surface area contributed by atoms with E-state index in [1.54, 1.807) is 0 Å². The van der Waals surface area contributed by atoms with Crippen molar-refractivity contribution in [3.8, 4) is 0 Å². The van der Waals surface area contributed by atoms with Crippen molar-refractivity contribution >= 4 is 5.69 Å². The molecule has 2 rings (SSSR count). The Bertz CT molecular complexity index is 294. The molecule has 1 heterocycles. The van der Waals surface area contributed by atoms with Gasteiger partial charge in [0.1, 0.15) is 0 Å². The molecule has 0 atom stereocenters. The number of fused-ring (bicyclic) bond motifs is 1. The lowest BCUT2D eigenvalue weighted by molar-refractivity contribution is 0.540. The molecule has 0 saturated heterocycles. The Morgan fingerprint density at radius 2 is 2.08 bits per heavy atom. The number of rotatable bonds is 1. The van der Waals surface area contributed by atoms with Gasteiger partial charge in [0.25, 0.3) is 0 Å². The van der Waals surface area contributed by atoms with Gasteiger partial charge in [-0.25, -0.2) is 5.43 Å². The summed E-state index contributed by atoms with van der Waals surface area (Å²) < 4.78 is 0. The van der Waals surface area contributed by atoms with Gasteiger partial charge in [-0.15, -0.1) is 0 Å². The molecule has 0 aliphatic carbocycles. The number of anilines is 1. The van der Waals surface area contributed by atoms with Crippen molar-refractivity contribution in [2.75, 3.05) is 11.6 Å². The lowest BCUT2D eigenvalue weighted by atomic mass is 10.1. The van der Waals surface area contributed by atoms with Crippen molar-refractivity contribution in [1.82, 2.24) is 5.43 Å². The number of hydrogen-bond donors (Lipinski definition) is 1. The average Bonchev–Trinajstić information content (AvgIpc) is 2.17. The number of para-hydroxylation sites is 1. The molecule has 0 aromatic heterocycles. The molecule has 2 heteroatoms. The molecular weight excluding hydrogens is 160 g/mol. The maximum absolute atomic E-state index is 3.41. The van der Waals surface area contributed by atoms with Gasteiger partial charge in [-0.3, -0.25) is 0 Å². The third-order valence-electron chi connectivity index (χ3n) is 2.44. The molecule has 70 valence electrons. The van der Waals surface area contributed by atoms with Crippen LogP contribution < -0.4 is 10.4 Å². The normalized spacial score (nSPS) is 16.1. The minimum atomic E-state index is 0.515. The summed E-state index contributed by atoms with van der Waals surface area (Å²) >= 11 is 0. The fourth-order valence-corrected chi connectivity index (χ4v) is 1.81. The molecule has 0 saturated carbocycles. The predicted molar refractivity (Wildman–Crippen MR) is 55.8 cm³/mol. The van der Waals surface area contributed by atoms with Gasteiger partial charge in [-0.2, -0.15) is 0 Å². The van der Waals surface area contributed by atoms with Gasteiger partial charge < -0.3 is 5.01 Å². The second-order valence-corrected chi connectivity index (χ2v) is 3.75. The SMILES string of the molecule is CC(C)N1NCCc2ccccc21. The zero-order valence-electron chi connectivity index (χ0n) is 8.25. The van der Waals surface area contributed by atoms with Crippen LogP contribution in [-0.4, -0.2) is 12.6 Å². The molecule has 0 fully saturated rings. The summed E-state index contributed by atoms with van der Waals surface area (Å²) in [5.41, 5.74) is 6.20. The fourth-order valence-electron chi connectivity index (χ4n) is 1.81. The molecule has 0 spiro atoms. The minimum absolute atomic E-state index is 0.515. The Kier molecular flexibility index (Phi) is 2.23. The van der Waals surface area contributed by atoms with Crippen LogP contribution in [0.25, 0.3) is 0 Å². The van der Waals surface area contributed by atoms with Crippen molar-refractivity contribution in [1.29, 1.82) is 0 Å². The molecule has 0 amide bonds. The van der Waals surface area contributed by atoms with E-state index in [0.717, 1.165) is 13.0 Å². The molecule has 0 unspecified atom stereocenters. The van der Waals surface area contributed by atoms with Gasteiger partial charge in [-0.05, 0) is 31.9 Å². The summed E-state index contributed by atoms with van der Waals surface area (Å²) in [4.78, 5) is 0.